The Labute approximate surface area is 114 Å². The highest BCUT2D eigenvalue weighted by Crippen LogP contribution is 2.44. The normalized spacial score (nSPS) is 20.0. The van der Waals surface area contributed by atoms with Gasteiger partial charge in [-0.3, -0.25) is 9.59 Å². The molecule has 1 saturated carbocycles. The van der Waals surface area contributed by atoms with Crippen LogP contribution in [0, 0.1) is 5.41 Å². The molecule has 1 fully saturated rings. The van der Waals surface area contributed by atoms with Crippen LogP contribution in [0.1, 0.15) is 59.3 Å². The Hall–Kier alpha value is -1.10. The van der Waals surface area contributed by atoms with Crippen molar-refractivity contribution in [3.05, 3.63) is 0 Å². The molecule has 1 rings (SSSR count). The third kappa shape index (κ3) is 4.49. The fourth-order valence-corrected chi connectivity index (χ4v) is 2.71. The molecule has 0 aliphatic heterocycles. The van der Waals surface area contributed by atoms with Crippen LogP contribution in [-0.4, -0.2) is 33.7 Å². The molecule has 0 heterocycles. The van der Waals surface area contributed by atoms with Crippen molar-refractivity contribution in [3.63, 3.8) is 0 Å². The lowest BCUT2D eigenvalue weighted by Gasteiger charge is -2.32. The summed E-state index contributed by atoms with van der Waals surface area (Å²) in [5.41, 5.74) is -1.09. The molecule has 5 nitrogen and oxygen atoms in total. The Morgan fingerprint density at radius 3 is 2.21 bits per heavy atom. The molecule has 19 heavy (non-hydrogen) atoms. The Bertz CT molecular complexity index is 343. The van der Waals surface area contributed by atoms with Gasteiger partial charge >= 0.3 is 5.97 Å². The minimum atomic E-state index is -0.843. The third-order valence-electron chi connectivity index (χ3n) is 4.23. The highest BCUT2D eigenvalue weighted by molar-refractivity contribution is 5.78. The van der Waals surface area contributed by atoms with Crippen LogP contribution in [0.5, 0.6) is 0 Å². The zero-order chi connectivity index (χ0) is 14.7. The SMILES string of the molecule is CC(O)C(C)(C)NC(=O)CC1(CC(=O)O)CCCC1. The quantitative estimate of drug-likeness (QED) is 0.686. The number of carbonyl (C=O) groups is 2. The third-order valence-corrected chi connectivity index (χ3v) is 4.23. The van der Waals surface area contributed by atoms with E-state index in [1.165, 1.54) is 0 Å². The molecular weight excluding hydrogens is 246 g/mol. The van der Waals surface area contributed by atoms with Gasteiger partial charge in [-0.05, 0) is 39.0 Å². The fourth-order valence-electron chi connectivity index (χ4n) is 2.71. The first-order valence-electron chi connectivity index (χ1n) is 6.88. The number of hydrogen-bond donors (Lipinski definition) is 3. The highest BCUT2D eigenvalue weighted by atomic mass is 16.4. The monoisotopic (exact) mass is 271 g/mol. The van der Waals surface area contributed by atoms with Gasteiger partial charge in [0.25, 0.3) is 0 Å². The van der Waals surface area contributed by atoms with Crippen molar-refractivity contribution in [2.45, 2.75) is 70.9 Å². The molecule has 0 bridgehead atoms. The molecule has 5 heteroatoms. The van der Waals surface area contributed by atoms with Gasteiger partial charge in [-0.25, -0.2) is 0 Å². The van der Waals surface area contributed by atoms with Crippen molar-refractivity contribution in [1.82, 2.24) is 5.32 Å². The summed E-state index contributed by atoms with van der Waals surface area (Å²) in [6.07, 6.45) is 3.19. The maximum absolute atomic E-state index is 12.1. The molecule has 0 aromatic carbocycles. The van der Waals surface area contributed by atoms with Gasteiger partial charge in [-0.2, -0.15) is 0 Å². The van der Waals surface area contributed by atoms with Crippen LogP contribution in [0.4, 0.5) is 0 Å². The Kier molecular flexibility index (Phi) is 4.96. The summed E-state index contributed by atoms with van der Waals surface area (Å²) in [5, 5.41) is 21.4. The number of aliphatic carboxylic acids is 1. The van der Waals surface area contributed by atoms with Gasteiger partial charge in [-0.15, -0.1) is 0 Å². The van der Waals surface area contributed by atoms with Gasteiger partial charge in [0.2, 0.25) is 5.91 Å². The molecule has 0 spiro atoms. The molecule has 1 unspecified atom stereocenters. The molecule has 1 aliphatic rings. The maximum Gasteiger partial charge on any atom is 0.303 e. The molecule has 0 saturated heterocycles. The van der Waals surface area contributed by atoms with E-state index in [0.717, 1.165) is 25.7 Å². The minimum absolute atomic E-state index is 0.0511. The van der Waals surface area contributed by atoms with Crippen molar-refractivity contribution in [1.29, 1.82) is 0 Å². The van der Waals surface area contributed by atoms with Gasteiger partial charge in [0.1, 0.15) is 0 Å². The van der Waals surface area contributed by atoms with E-state index >= 15 is 0 Å². The van der Waals surface area contributed by atoms with E-state index < -0.39 is 23.0 Å². The largest absolute Gasteiger partial charge is 0.481 e. The topological polar surface area (TPSA) is 86.6 Å². The average molecular weight is 271 g/mol. The number of amides is 1. The molecule has 110 valence electrons. The van der Waals surface area contributed by atoms with Crippen LogP contribution in [0.25, 0.3) is 0 Å². The van der Waals surface area contributed by atoms with E-state index in [-0.39, 0.29) is 18.7 Å². The first-order valence-corrected chi connectivity index (χ1v) is 6.88. The van der Waals surface area contributed by atoms with Crippen LogP contribution in [-0.2, 0) is 9.59 Å². The second-order valence-corrected chi connectivity index (χ2v) is 6.40. The zero-order valence-electron chi connectivity index (χ0n) is 12.0. The Morgan fingerprint density at radius 2 is 1.79 bits per heavy atom. The van der Waals surface area contributed by atoms with E-state index in [1.54, 1.807) is 20.8 Å². The first-order chi connectivity index (χ1) is 8.67. The summed E-state index contributed by atoms with van der Waals surface area (Å²) in [4.78, 5) is 23.1. The van der Waals surface area contributed by atoms with Crippen molar-refractivity contribution in [3.8, 4) is 0 Å². The number of aliphatic hydroxyl groups excluding tert-OH is 1. The van der Waals surface area contributed by atoms with Crippen LogP contribution in [0.3, 0.4) is 0 Å². The standard InChI is InChI=1S/C14H25NO4/c1-10(16)13(2,3)15-11(17)8-14(9-12(18)19)6-4-5-7-14/h10,16H,4-9H2,1-3H3,(H,15,17)(H,18,19). The number of rotatable bonds is 6. The molecule has 3 N–H and O–H groups in total. The predicted octanol–water partition coefficient (Wildman–Crippen LogP) is 1.69. The van der Waals surface area contributed by atoms with Crippen molar-refractivity contribution < 1.29 is 19.8 Å². The van der Waals surface area contributed by atoms with Crippen LogP contribution in [0.15, 0.2) is 0 Å². The first kappa shape index (κ1) is 16.0. The van der Waals surface area contributed by atoms with Crippen LogP contribution in [0.2, 0.25) is 0 Å². The van der Waals surface area contributed by atoms with Gasteiger partial charge in [0, 0.05) is 6.42 Å². The number of nitrogens with one attached hydrogen (secondary N) is 1. The van der Waals surface area contributed by atoms with E-state index in [0.29, 0.717) is 0 Å². The van der Waals surface area contributed by atoms with Crippen molar-refractivity contribution in [2.24, 2.45) is 5.41 Å². The van der Waals surface area contributed by atoms with Crippen LogP contribution >= 0.6 is 0 Å². The number of hydrogen-bond acceptors (Lipinski definition) is 3. The van der Waals surface area contributed by atoms with Crippen LogP contribution < -0.4 is 5.32 Å². The van der Waals surface area contributed by atoms with E-state index in [1.807, 2.05) is 0 Å². The fraction of sp³-hybridized carbons (Fsp3) is 0.857. The van der Waals surface area contributed by atoms with E-state index in [9.17, 15) is 14.7 Å². The molecule has 0 aromatic rings. The number of carboxylic acid groups (broad SMARTS) is 1. The zero-order valence-corrected chi connectivity index (χ0v) is 12.0. The smallest absolute Gasteiger partial charge is 0.303 e. The maximum atomic E-state index is 12.1. The molecule has 1 amide bonds. The number of carbonyl (C=O) groups excluding carboxylic acids is 1. The molecule has 1 atom stereocenters. The molecular formula is C14H25NO4. The lowest BCUT2D eigenvalue weighted by Crippen LogP contribution is -2.51. The second-order valence-electron chi connectivity index (χ2n) is 6.40. The molecule has 0 aromatic heterocycles. The summed E-state index contributed by atoms with van der Waals surface area (Å²) in [6.45, 7) is 5.14. The average Bonchev–Trinajstić information content (AvgIpc) is 2.63. The van der Waals surface area contributed by atoms with Crippen molar-refractivity contribution in [2.75, 3.05) is 0 Å². The summed E-state index contributed by atoms with van der Waals surface area (Å²) in [7, 11) is 0. The summed E-state index contributed by atoms with van der Waals surface area (Å²) in [5.74, 6) is -1.02. The Balaban J connectivity index is 2.65. The predicted molar refractivity (Wildman–Crippen MR) is 71.7 cm³/mol. The Morgan fingerprint density at radius 1 is 1.26 bits per heavy atom. The summed E-state index contributed by atoms with van der Waals surface area (Å²) in [6, 6.07) is 0. The van der Waals surface area contributed by atoms with Gasteiger partial charge in [0.15, 0.2) is 0 Å². The molecule has 1 aliphatic carbocycles. The lowest BCUT2D eigenvalue weighted by atomic mass is 9.79. The van der Waals surface area contributed by atoms with Gasteiger partial charge < -0.3 is 15.5 Å². The minimum Gasteiger partial charge on any atom is -0.481 e. The molecule has 0 radical (unpaired) electrons. The summed E-state index contributed by atoms with van der Waals surface area (Å²) >= 11 is 0. The van der Waals surface area contributed by atoms with Gasteiger partial charge in [0.05, 0.1) is 18.1 Å². The van der Waals surface area contributed by atoms with Crippen molar-refractivity contribution >= 4 is 11.9 Å². The summed E-state index contributed by atoms with van der Waals surface area (Å²) < 4.78 is 0. The number of carboxylic acids is 1. The van der Waals surface area contributed by atoms with Gasteiger partial charge in [-0.1, -0.05) is 12.8 Å². The number of aliphatic hydroxyl groups is 1. The second kappa shape index (κ2) is 5.90. The van der Waals surface area contributed by atoms with E-state index in [2.05, 4.69) is 5.32 Å². The van der Waals surface area contributed by atoms with E-state index in [4.69, 9.17) is 5.11 Å². The lowest BCUT2D eigenvalue weighted by molar-refractivity contribution is -0.140. The highest BCUT2D eigenvalue weighted by Gasteiger charge is 2.39.